The van der Waals surface area contributed by atoms with E-state index in [-0.39, 0.29) is 12.5 Å². The van der Waals surface area contributed by atoms with Gasteiger partial charge in [-0.15, -0.1) is 0 Å². The number of hydrogen-bond acceptors (Lipinski definition) is 5. The van der Waals surface area contributed by atoms with E-state index in [2.05, 4.69) is 15.5 Å². The highest BCUT2D eigenvalue weighted by atomic mass is 35.5. The standard InChI is InChI=1S/C23H18ClN3O3/c24-18-12-10-16(11-13-18)14-25-23(28)19-8-4-5-9-20(19)29-15-21-26-22(27-30-21)17-6-2-1-3-7-17/h1-13H,14-15H2,(H,25,28). The molecule has 0 aliphatic heterocycles. The highest BCUT2D eigenvalue weighted by Crippen LogP contribution is 2.21. The third-order valence-corrected chi connectivity index (χ3v) is 4.60. The molecule has 0 spiro atoms. The van der Waals surface area contributed by atoms with Gasteiger partial charge in [-0.05, 0) is 29.8 Å². The van der Waals surface area contributed by atoms with Gasteiger partial charge in [-0.2, -0.15) is 4.98 Å². The van der Waals surface area contributed by atoms with Crippen LogP contribution in [-0.4, -0.2) is 16.0 Å². The van der Waals surface area contributed by atoms with Crippen molar-refractivity contribution >= 4 is 17.5 Å². The first-order valence-corrected chi connectivity index (χ1v) is 9.69. The monoisotopic (exact) mass is 419 g/mol. The summed E-state index contributed by atoms with van der Waals surface area (Å²) in [5.41, 5.74) is 2.23. The van der Waals surface area contributed by atoms with Crippen LogP contribution in [0.3, 0.4) is 0 Å². The zero-order valence-corrected chi connectivity index (χ0v) is 16.7. The molecule has 7 heteroatoms. The van der Waals surface area contributed by atoms with E-state index in [1.807, 2.05) is 42.5 Å². The molecule has 0 saturated carbocycles. The first-order chi connectivity index (χ1) is 14.7. The van der Waals surface area contributed by atoms with Crippen LogP contribution in [0, 0.1) is 0 Å². The maximum Gasteiger partial charge on any atom is 0.264 e. The van der Waals surface area contributed by atoms with Gasteiger partial charge >= 0.3 is 0 Å². The van der Waals surface area contributed by atoms with Gasteiger partial charge in [0.05, 0.1) is 5.56 Å². The molecule has 0 fully saturated rings. The van der Waals surface area contributed by atoms with E-state index in [1.54, 1.807) is 36.4 Å². The van der Waals surface area contributed by atoms with Crippen molar-refractivity contribution in [2.75, 3.05) is 0 Å². The van der Waals surface area contributed by atoms with Crippen LogP contribution >= 0.6 is 11.6 Å². The van der Waals surface area contributed by atoms with Crippen LogP contribution in [0.1, 0.15) is 21.8 Å². The molecule has 0 aliphatic rings. The van der Waals surface area contributed by atoms with Gasteiger partial charge in [0.1, 0.15) is 5.75 Å². The van der Waals surface area contributed by atoms with Crippen LogP contribution in [-0.2, 0) is 13.2 Å². The Morgan fingerprint density at radius 1 is 0.967 bits per heavy atom. The Kier molecular flexibility index (Phi) is 6.06. The molecule has 0 atom stereocenters. The molecule has 3 aromatic carbocycles. The van der Waals surface area contributed by atoms with Crippen LogP contribution in [0.15, 0.2) is 83.4 Å². The molecule has 0 unspecified atom stereocenters. The predicted octanol–water partition coefficient (Wildman–Crippen LogP) is 4.90. The summed E-state index contributed by atoms with van der Waals surface area (Å²) < 4.78 is 11.0. The van der Waals surface area contributed by atoms with Crippen molar-refractivity contribution in [2.24, 2.45) is 0 Å². The van der Waals surface area contributed by atoms with Crippen LogP contribution in [0.5, 0.6) is 5.75 Å². The van der Waals surface area contributed by atoms with Crippen molar-refractivity contribution in [3.05, 3.63) is 101 Å². The molecule has 1 heterocycles. The molecule has 6 nitrogen and oxygen atoms in total. The quantitative estimate of drug-likeness (QED) is 0.461. The van der Waals surface area contributed by atoms with Crippen LogP contribution in [0.4, 0.5) is 0 Å². The molecule has 1 amide bonds. The lowest BCUT2D eigenvalue weighted by atomic mass is 10.1. The number of nitrogens with one attached hydrogen (secondary N) is 1. The Labute approximate surface area is 178 Å². The minimum absolute atomic E-state index is 0.0569. The van der Waals surface area contributed by atoms with Crippen molar-refractivity contribution in [3.8, 4) is 17.1 Å². The summed E-state index contributed by atoms with van der Waals surface area (Å²) in [5.74, 6) is 1.01. The van der Waals surface area contributed by atoms with Gasteiger partial charge in [0.2, 0.25) is 5.82 Å². The summed E-state index contributed by atoms with van der Waals surface area (Å²) in [4.78, 5) is 17.0. The van der Waals surface area contributed by atoms with Gasteiger partial charge in [-0.1, -0.05) is 71.4 Å². The fourth-order valence-corrected chi connectivity index (χ4v) is 2.94. The number of amides is 1. The van der Waals surface area contributed by atoms with Crippen LogP contribution in [0.25, 0.3) is 11.4 Å². The number of halogens is 1. The Morgan fingerprint density at radius 3 is 2.50 bits per heavy atom. The number of rotatable bonds is 7. The smallest absolute Gasteiger partial charge is 0.264 e. The van der Waals surface area contributed by atoms with E-state index in [0.717, 1.165) is 11.1 Å². The fourth-order valence-electron chi connectivity index (χ4n) is 2.82. The van der Waals surface area contributed by atoms with Gasteiger partial charge in [-0.25, -0.2) is 0 Å². The molecule has 0 aliphatic carbocycles. The SMILES string of the molecule is O=C(NCc1ccc(Cl)cc1)c1ccccc1OCc1nc(-c2ccccc2)no1. The molecule has 0 saturated heterocycles. The number of hydrogen-bond donors (Lipinski definition) is 1. The van der Waals surface area contributed by atoms with E-state index >= 15 is 0 Å². The average molecular weight is 420 g/mol. The maximum atomic E-state index is 12.6. The second-order valence-corrected chi connectivity index (χ2v) is 6.91. The van der Waals surface area contributed by atoms with Gasteiger partial charge < -0.3 is 14.6 Å². The highest BCUT2D eigenvalue weighted by molar-refractivity contribution is 6.30. The molecule has 30 heavy (non-hydrogen) atoms. The van der Waals surface area contributed by atoms with Crippen molar-refractivity contribution in [2.45, 2.75) is 13.2 Å². The lowest BCUT2D eigenvalue weighted by Gasteiger charge is -2.10. The number of para-hydroxylation sites is 1. The number of ether oxygens (including phenoxy) is 1. The topological polar surface area (TPSA) is 77.2 Å². The summed E-state index contributed by atoms with van der Waals surface area (Å²) in [7, 11) is 0. The van der Waals surface area contributed by atoms with Crippen LogP contribution in [0.2, 0.25) is 5.02 Å². The van der Waals surface area contributed by atoms with Crippen molar-refractivity contribution in [1.29, 1.82) is 0 Å². The van der Waals surface area contributed by atoms with E-state index in [9.17, 15) is 4.79 Å². The molecule has 1 aromatic heterocycles. The zero-order chi connectivity index (χ0) is 20.8. The molecule has 1 N–H and O–H groups in total. The Morgan fingerprint density at radius 2 is 1.70 bits per heavy atom. The lowest BCUT2D eigenvalue weighted by molar-refractivity contribution is 0.0945. The molecule has 0 bridgehead atoms. The number of nitrogens with zero attached hydrogens (tertiary/aromatic N) is 2. The summed E-state index contributed by atoms with van der Waals surface area (Å²) >= 11 is 5.89. The van der Waals surface area contributed by atoms with Crippen molar-refractivity contribution in [3.63, 3.8) is 0 Å². The molecule has 150 valence electrons. The van der Waals surface area contributed by atoms with Gasteiger partial charge in [0.15, 0.2) is 6.61 Å². The summed E-state index contributed by atoms with van der Waals surface area (Å²) in [6, 6.07) is 23.8. The zero-order valence-electron chi connectivity index (χ0n) is 15.9. The molecule has 4 rings (SSSR count). The first-order valence-electron chi connectivity index (χ1n) is 9.31. The lowest BCUT2D eigenvalue weighted by Crippen LogP contribution is -2.23. The summed E-state index contributed by atoms with van der Waals surface area (Å²) in [6.45, 7) is 0.440. The van der Waals surface area contributed by atoms with Gasteiger partial charge in [-0.3, -0.25) is 4.79 Å². The van der Waals surface area contributed by atoms with Crippen molar-refractivity contribution in [1.82, 2.24) is 15.5 Å². The number of aromatic nitrogens is 2. The Bertz CT molecular complexity index is 1130. The number of carbonyl (C=O) groups is 1. The fraction of sp³-hybridized carbons (Fsp3) is 0.0870. The number of carbonyl (C=O) groups excluding carboxylic acids is 1. The molecular formula is C23H18ClN3O3. The minimum Gasteiger partial charge on any atom is -0.483 e. The third kappa shape index (κ3) is 4.85. The van der Waals surface area contributed by atoms with E-state index < -0.39 is 0 Å². The van der Waals surface area contributed by atoms with Crippen molar-refractivity contribution < 1.29 is 14.1 Å². The van der Waals surface area contributed by atoms with E-state index in [1.165, 1.54) is 0 Å². The largest absolute Gasteiger partial charge is 0.483 e. The van der Waals surface area contributed by atoms with Gasteiger partial charge in [0, 0.05) is 17.1 Å². The highest BCUT2D eigenvalue weighted by Gasteiger charge is 2.14. The van der Waals surface area contributed by atoms with Gasteiger partial charge in [0.25, 0.3) is 11.8 Å². The maximum absolute atomic E-state index is 12.6. The Hall–Kier alpha value is -3.64. The summed E-state index contributed by atoms with van der Waals surface area (Å²) in [6.07, 6.45) is 0. The molecular weight excluding hydrogens is 402 g/mol. The second-order valence-electron chi connectivity index (χ2n) is 6.47. The van der Waals surface area contributed by atoms with E-state index in [4.69, 9.17) is 20.9 Å². The van der Waals surface area contributed by atoms with E-state index in [0.29, 0.717) is 34.6 Å². The average Bonchev–Trinajstić information content (AvgIpc) is 3.27. The second kappa shape index (κ2) is 9.24. The predicted molar refractivity (Wildman–Crippen MR) is 113 cm³/mol. The number of benzene rings is 3. The molecule has 0 radical (unpaired) electrons. The Balaban J connectivity index is 1.40. The minimum atomic E-state index is -0.240. The summed E-state index contributed by atoms with van der Waals surface area (Å²) in [5, 5.41) is 7.51. The normalized spacial score (nSPS) is 10.6. The van der Waals surface area contributed by atoms with Crippen LogP contribution < -0.4 is 10.1 Å². The first kappa shape index (κ1) is 19.7. The molecule has 4 aromatic rings. The third-order valence-electron chi connectivity index (χ3n) is 4.35.